The molecule has 2 aromatic carbocycles. The summed E-state index contributed by atoms with van der Waals surface area (Å²) in [5, 5.41) is 0. The van der Waals surface area contributed by atoms with Crippen LogP contribution in [-0.4, -0.2) is 20.2 Å². The Morgan fingerprint density at radius 3 is 2.60 bits per heavy atom. The Morgan fingerprint density at radius 2 is 1.90 bits per heavy atom. The highest BCUT2D eigenvalue weighted by molar-refractivity contribution is 5.54. The van der Waals surface area contributed by atoms with Crippen molar-refractivity contribution < 1.29 is 4.74 Å². The lowest BCUT2D eigenvalue weighted by Gasteiger charge is -2.38. The minimum atomic E-state index is 0.258. The zero-order chi connectivity index (χ0) is 13.9. The molecule has 1 aliphatic rings. The van der Waals surface area contributed by atoms with Crippen LogP contribution in [0.2, 0.25) is 0 Å². The van der Waals surface area contributed by atoms with Gasteiger partial charge in [-0.15, -0.1) is 0 Å². The highest BCUT2D eigenvalue weighted by Crippen LogP contribution is 2.33. The molecule has 3 heteroatoms. The second-order valence-corrected chi connectivity index (χ2v) is 5.09. The average Bonchev–Trinajstić information content (AvgIpc) is 2.54. The third-order valence-electron chi connectivity index (χ3n) is 4.04. The number of ether oxygens (including phenoxy) is 1. The van der Waals surface area contributed by atoms with Crippen LogP contribution in [0.4, 0.5) is 5.69 Å². The number of fused-ring (bicyclic) bond motifs is 1. The maximum Gasteiger partial charge on any atom is 0.119 e. The summed E-state index contributed by atoms with van der Waals surface area (Å²) in [5.74, 6) is 0.885. The number of nitrogens with zero attached hydrogens (tertiary/aromatic N) is 1. The van der Waals surface area contributed by atoms with Crippen molar-refractivity contribution in [3.8, 4) is 5.75 Å². The van der Waals surface area contributed by atoms with Crippen molar-refractivity contribution in [1.82, 2.24) is 0 Å². The SMILES string of the molecule is COc1ccc(N2CCc3ccccc3C2CN)cc1. The van der Waals surface area contributed by atoms with Gasteiger partial charge in [0.25, 0.3) is 0 Å². The Hall–Kier alpha value is -2.00. The molecule has 0 spiro atoms. The lowest BCUT2D eigenvalue weighted by molar-refractivity contribution is 0.414. The van der Waals surface area contributed by atoms with E-state index in [1.165, 1.54) is 16.8 Å². The van der Waals surface area contributed by atoms with Gasteiger partial charge in [-0.25, -0.2) is 0 Å². The monoisotopic (exact) mass is 268 g/mol. The van der Waals surface area contributed by atoms with Crippen molar-refractivity contribution >= 4 is 5.69 Å². The summed E-state index contributed by atoms with van der Waals surface area (Å²) in [7, 11) is 1.69. The Labute approximate surface area is 120 Å². The molecule has 0 fully saturated rings. The fourth-order valence-electron chi connectivity index (χ4n) is 2.99. The van der Waals surface area contributed by atoms with E-state index in [-0.39, 0.29) is 6.04 Å². The first-order chi connectivity index (χ1) is 9.83. The molecule has 1 heterocycles. The predicted octanol–water partition coefficient (Wildman–Crippen LogP) is 2.76. The van der Waals surface area contributed by atoms with Gasteiger partial charge in [-0.3, -0.25) is 0 Å². The van der Waals surface area contributed by atoms with E-state index in [1.54, 1.807) is 7.11 Å². The van der Waals surface area contributed by atoms with Crippen LogP contribution in [-0.2, 0) is 6.42 Å². The normalized spacial score (nSPS) is 17.7. The smallest absolute Gasteiger partial charge is 0.119 e. The molecule has 0 radical (unpaired) electrons. The van der Waals surface area contributed by atoms with Crippen LogP contribution in [0, 0.1) is 0 Å². The van der Waals surface area contributed by atoms with Crippen LogP contribution in [0.3, 0.4) is 0 Å². The molecule has 0 aromatic heterocycles. The number of hydrogen-bond acceptors (Lipinski definition) is 3. The number of rotatable bonds is 3. The van der Waals surface area contributed by atoms with Gasteiger partial charge in [0.1, 0.15) is 5.75 Å². The summed E-state index contributed by atoms with van der Waals surface area (Å²) in [6.07, 6.45) is 1.07. The molecule has 1 aliphatic heterocycles. The molecule has 2 N–H and O–H groups in total. The molecule has 104 valence electrons. The van der Waals surface area contributed by atoms with E-state index in [4.69, 9.17) is 10.5 Å². The number of methoxy groups -OCH3 is 1. The van der Waals surface area contributed by atoms with Gasteiger partial charge in [0.15, 0.2) is 0 Å². The molecule has 0 amide bonds. The van der Waals surface area contributed by atoms with E-state index < -0.39 is 0 Å². The van der Waals surface area contributed by atoms with Crippen LogP contribution >= 0.6 is 0 Å². The van der Waals surface area contributed by atoms with Crippen LogP contribution in [0.1, 0.15) is 17.2 Å². The van der Waals surface area contributed by atoms with Crippen molar-refractivity contribution in [2.75, 3.05) is 25.1 Å². The first-order valence-electron chi connectivity index (χ1n) is 7.02. The minimum Gasteiger partial charge on any atom is -0.497 e. The number of anilines is 1. The minimum absolute atomic E-state index is 0.258. The fraction of sp³-hybridized carbons (Fsp3) is 0.294. The molecule has 3 nitrogen and oxygen atoms in total. The summed E-state index contributed by atoms with van der Waals surface area (Å²) >= 11 is 0. The van der Waals surface area contributed by atoms with Gasteiger partial charge in [-0.2, -0.15) is 0 Å². The maximum absolute atomic E-state index is 6.04. The standard InChI is InChI=1S/C17H20N2O/c1-20-15-8-6-14(7-9-15)19-11-10-13-4-2-3-5-16(13)17(19)12-18/h2-9,17H,10-12,18H2,1H3. The number of hydrogen-bond donors (Lipinski definition) is 1. The summed E-state index contributed by atoms with van der Waals surface area (Å²) in [5.41, 5.74) is 10.0. The van der Waals surface area contributed by atoms with E-state index in [2.05, 4.69) is 41.3 Å². The molecule has 20 heavy (non-hydrogen) atoms. The topological polar surface area (TPSA) is 38.5 Å². The van der Waals surface area contributed by atoms with Crippen molar-refractivity contribution in [3.63, 3.8) is 0 Å². The van der Waals surface area contributed by atoms with E-state index in [1.807, 2.05) is 12.1 Å². The molecular weight excluding hydrogens is 248 g/mol. The fourth-order valence-corrected chi connectivity index (χ4v) is 2.99. The molecule has 0 bridgehead atoms. The van der Waals surface area contributed by atoms with Gasteiger partial charge in [-0.1, -0.05) is 24.3 Å². The van der Waals surface area contributed by atoms with Crippen molar-refractivity contribution in [2.45, 2.75) is 12.5 Å². The van der Waals surface area contributed by atoms with Crippen molar-refractivity contribution in [1.29, 1.82) is 0 Å². The third-order valence-corrected chi connectivity index (χ3v) is 4.04. The Balaban J connectivity index is 1.94. The quantitative estimate of drug-likeness (QED) is 0.930. The molecule has 2 aromatic rings. The first kappa shape index (κ1) is 13.0. The average molecular weight is 268 g/mol. The van der Waals surface area contributed by atoms with Crippen LogP contribution in [0.25, 0.3) is 0 Å². The zero-order valence-electron chi connectivity index (χ0n) is 11.8. The second kappa shape index (κ2) is 5.55. The maximum atomic E-state index is 6.04. The lowest BCUT2D eigenvalue weighted by atomic mass is 9.92. The second-order valence-electron chi connectivity index (χ2n) is 5.09. The van der Waals surface area contributed by atoms with E-state index in [0.717, 1.165) is 18.7 Å². The number of benzene rings is 2. The first-order valence-corrected chi connectivity index (χ1v) is 7.02. The molecule has 0 saturated carbocycles. The van der Waals surface area contributed by atoms with Gasteiger partial charge in [0, 0.05) is 18.8 Å². The van der Waals surface area contributed by atoms with E-state index in [9.17, 15) is 0 Å². The molecular formula is C17H20N2O. The van der Waals surface area contributed by atoms with Gasteiger partial charge < -0.3 is 15.4 Å². The number of nitrogens with two attached hydrogens (primary N) is 1. The molecule has 0 saturated heterocycles. The lowest BCUT2D eigenvalue weighted by Crippen LogP contribution is -2.39. The molecule has 1 unspecified atom stereocenters. The third kappa shape index (κ3) is 2.25. The van der Waals surface area contributed by atoms with Crippen molar-refractivity contribution in [3.05, 3.63) is 59.7 Å². The summed E-state index contributed by atoms with van der Waals surface area (Å²) in [4.78, 5) is 2.39. The molecule has 0 aliphatic carbocycles. The van der Waals surface area contributed by atoms with E-state index in [0.29, 0.717) is 6.54 Å². The molecule has 3 rings (SSSR count). The van der Waals surface area contributed by atoms with Gasteiger partial charge >= 0.3 is 0 Å². The highest BCUT2D eigenvalue weighted by atomic mass is 16.5. The summed E-state index contributed by atoms with van der Waals surface area (Å²) in [6, 6.07) is 17.1. The van der Waals surface area contributed by atoms with Gasteiger partial charge in [0.2, 0.25) is 0 Å². The highest BCUT2D eigenvalue weighted by Gasteiger charge is 2.26. The predicted molar refractivity (Wildman–Crippen MR) is 82.3 cm³/mol. The van der Waals surface area contributed by atoms with E-state index >= 15 is 0 Å². The van der Waals surface area contributed by atoms with Crippen molar-refractivity contribution in [2.24, 2.45) is 5.73 Å². The van der Waals surface area contributed by atoms with Crippen LogP contribution in [0.5, 0.6) is 5.75 Å². The zero-order valence-corrected chi connectivity index (χ0v) is 11.8. The summed E-state index contributed by atoms with van der Waals surface area (Å²) in [6.45, 7) is 1.63. The van der Waals surface area contributed by atoms with Crippen LogP contribution < -0.4 is 15.4 Å². The largest absolute Gasteiger partial charge is 0.497 e. The Morgan fingerprint density at radius 1 is 1.15 bits per heavy atom. The van der Waals surface area contributed by atoms with Crippen LogP contribution in [0.15, 0.2) is 48.5 Å². The molecule has 1 atom stereocenters. The van der Waals surface area contributed by atoms with Gasteiger partial charge in [0.05, 0.1) is 13.2 Å². The van der Waals surface area contributed by atoms with Gasteiger partial charge in [-0.05, 0) is 41.8 Å². The summed E-state index contributed by atoms with van der Waals surface area (Å²) < 4.78 is 5.22. The Bertz CT molecular complexity index is 580. The Kier molecular flexibility index (Phi) is 3.61.